The number of hydrogen-bond donors (Lipinski definition) is 0. The summed E-state index contributed by atoms with van der Waals surface area (Å²) in [6.45, 7) is 3.80. The molecule has 5 heteroatoms. The molecule has 1 rings (SSSR count). The monoisotopic (exact) mass is 331 g/mol. The third-order valence-electron chi connectivity index (χ3n) is 2.36. The van der Waals surface area contributed by atoms with Crippen molar-refractivity contribution in [2.45, 2.75) is 27.4 Å². The molecule has 0 nitrogen and oxygen atoms in total. The van der Waals surface area contributed by atoms with Crippen molar-refractivity contribution < 1.29 is 0 Å². The number of rotatable bonds is 4. The Morgan fingerprint density at radius 1 is 1.06 bits per heavy atom. The van der Waals surface area contributed by atoms with Crippen LogP contribution in [-0.4, -0.2) is 3.79 Å². The summed E-state index contributed by atoms with van der Waals surface area (Å²) < 4.78 is -3.33. The van der Waals surface area contributed by atoms with Crippen molar-refractivity contribution in [3.8, 4) is 0 Å². The highest BCUT2D eigenvalue weighted by Gasteiger charge is 2.47. The van der Waals surface area contributed by atoms with Crippen LogP contribution < -0.4 is 0 Å². The maximum atomic E-state index is 6.10. The zero-order valence-corrected chi connectivity index (χ0v) is 12.8. The van der Waals surface area contributed by atoms with Gasteiger partial charge in [0.05, 0.1) is 0 Å². The first-order valence-corrected chi connectivity index (χ1v) is 7.01. The SMILES string of the molecule is [CH2]CCCc1cccc(C(Cl)(Cl)C(Cl)(Cl)Cl)c1. The number of alkyl halides is 5. The van der Waals surface area contributed by atoms with Crippen molar-refractivity contribution in [2.24, 2.45) is 0 Å². The normalized spacial score (nSPS) is 12.8. The molecular weight excluding hydrogens is 321 g/mol. The molecule has 0 N–H and O–H groups in total. The van der Waals surface area contributed by atoms with E-state index < -0.39 is 8.13 Å². The summed E-state index contributed by atoms with van der Waals surface area (Å²) in [5, 5.41) is 0. The van der Waals surface area contributed by atoms with Crippen LogP contribution in [-0.2, 0) is 10.8 Å². The van der Waals surface area contributed by atoms with Gasteiger partial charge < -0.3 is 0 Å². The number of halogens is 5. The van der Waals surface area contributed by atoms with Crippen LogP contribution in [0.15, 0.2) is 24.3 Å². The van der Waals surface area contributed by atoms with E-state index in [9.17, 15) is 0 Å². The van der Waals surface area contributed by atoms with Gasteiger partial charge in [0.15, 0.2) is 4.33 Å². The third kappa shape index (κ3) is 4.08. The zero-order valence-electron chi connectivity index (χ0n) is 9.03. The average Bonchev–Trinajstić information content (AvgIpc) is 2.25. The van der Waals surface area contributed by atoms with Crippen molar-refractivity contribution in [1.82, 2.24) is 0 Å². The van der Waals surface area contributed by atoms with Crippen LogP contribution in [0.2, 0.25) is 0 Å². The summed E-state index contributed by atoms with van der Waals surface area (Å²) >= 11 is 29.5. The van der Waals surface area contributed by atoms with E-state index in [0.717, 1.165) is 24.8 Å². The molecule has 0 saturated carbocycles. The van der Waals surface area contributed by atoms with Crippen LogP contribution in [0.3, 0.4) is 0 Å². The molecule has 0 saturated heterocycles. The summed E-state index contributed by atoms with van der Waals surface area (Å²) in [7, 11) is 0. The number of unbranched alkanes of at least 4 members (excludes halogenated alkanes) is 1. The zero-order chi connectivity index (χ0) is 13.1. The van der Waals surface area contributed by atoms with Gasteiger partial charge in [0.2, 0.25) is 3.79 Å². The van der Waals surface area contributed by atoms with Gasteiger partial charge in [-0.3, -0.25) is 0 Å². The second-order valence-corrected chi connectivity index (χ2v) is 7.34. The number of aryl methyl sites for hydroxylation is 1. The van der Waals surface area contributed by atoms with E-state index in [-0.39, 0.29) is 0 Å². The van der Waals surface area contributed by atoms with Crippen LogP contribution in [0.5, 0.6) is 0 Å². The first-order chi connectivity index (χ1) is 7.79. The van der Waals surface area contributed by atoms with E-state index >= 15 is 0 Å². The summed E-state index contributed by atoms with van der Waals surface area (Å²) in [4.78, 5) is 0. The fraction of sp³-hybridized carbons (Fsp3) is 0.417. The minimum absolute atomic E-state index is 0.586. The van der Waals surface area contributed by atoms with Gasteiger partial charge in [-0.2, -0.15) is 0 Å². The topological polar surface area (TPSA) is 0 Å². The molecule has 0 unspecified atom stereocenters. The van der Waals surface area contributed by atoms with Gasteiger partial charge >= 0.3 is 0 Å². The molecule has 0 heterocycles. The second kappa shape index (κ2) is 6.21. The summed E-state index contributed by atoms with van der Waals surface area (Å²) in [5.41, 5.74) is 1.69. The minimum Gasteiger partial charge on any atom is -0.0915 e. The minimum atomic E-state index is -1.78. The molecule has 0 fully saturated rings. The lowest BCUT2D eigenvalue weighted by molar-refractivity contribution is 0.829. The van der Waals surface area contributed by atoms with Gasteiger partial charge in [0.25, 0.3) is 0 Å². The average molecular weight is 333 g/mol. The Morgan fingerprint density at radius 2 is 1.71 bits per heavy atom. The van der Waals surface area contributed by atoms with E-state index in [1.165, 1.54) is 0 Å². The van der Waals surface area contributed by atoms with Gasteiger partial charge in [0, 0.05) is 0 Å². The Bertz CT molecular complexity index is 367. The molecule has 0 aliphatic carbocycles. The van der Waals surface area contributed by atoms with Gasteiger partial charge in [-0.25, -0.2) is 0 Å². The maximum absolute atomic E-state index is 6.10. The molecule has 0 aromatic heterocycles. The van der Waals surface area contributed by atoms with Crippen LogP contribution in [0.1, 0.15) is 24.0 Å². The van der Waals surface area contributed by atoms with Crippen LogP contribution >= 0.6 is 58.0 Å². The molecule has 0 spiro atoms. The molecular formula is C12H12Cl5. The lowest BCUT2D eigenvalue weighted by atomic mass is 10.0. The summed E-state index contributed by atoms with van der Waals surface area (Å²) in [6, 6.07) is 7.44. The van der Waals surface area contributed by atoms with Gasteiger partial charge in [-0.05, 0) is 24.0 Å². The quantitative estimate of drug-likeness (QED) is 0.607. The van der Waals surface area contributed by atoms with Crippen molar-refractivity contribution in [2.75, 3.05) is 0 Å². The highest BCUT2D eigenvalue weighted by atomic mass is 35.6. The van der Waals surface area contributed by atoms with Gasteiger partial charge in [0.1, 0.15) is 0 Å². The Morgan fingerprint density at radius 3 is 2.24 bits per heavy atom. The van der Waals surface area contributed by atoms with Crippen molar-refractivity contribution >= 4 is 58.0 Å². The third-order valence-corrected chi connectivity index (χ3v) is 4.80. The first kappa shape index (κ1) is 15.7. The van der Waals surface area contributed by atoms with Crippen LogP contribution in [0.4, 0.5) is 0 Å². The van der Waals surface area contributed by atoms with Crippen molar-refractivity contribution in [3.05, 3.63) is 42.3 Å². The molecule has 95 valence electrons. The van der Waals surface area contributed by atoms with Gasteiger partial charge in [-0.1, -0.05) is 95.6 Å². The molecule has 17 heavy (non-hydrogen) atoms. The Labute approximate surface area is 127 Å². The molecule has 0 amide bonds. The van der Waals surface area contributed by atoms with Crippen LogP contribution in [0, 0.1) is 6.92 Å². The smallest absolute Gasteiger partial charge is 0.0915 e. The number of hydrogen-bond acceptors (Lipinski definition) is 0. The molecule has 1 aromatic carbocycles. The molecule has 0 atom stereocenters. The molecule has 1 radical (unpaired) electrons. The highest BCUT2D eigenvalue weighted by Crippen LogP contribution is 2.52. The Hall–Kier alpha value is 0.670. The fourth-order valence-corrected chi connectivity index (χ4v) is 1.98. The maximum Gasteiger partial charge on any atom is 0.227 e. The predicted octanol–water partition coefficient (Wildman–Crippen LogP) is 5.84. The fourth-order valence-electron chi connectivity index (χ4n) is 1.41. The van der Waals surface area contributed by atoms with E-state index in [2.05, 4.69) is 6.92 Å². The van der Waals surface area contributed by atoms with Gasteiger partial charge in [-0.15, -0.1) is 0 Å². The molecule has 0 aliphatic heterocycles. The summed E-state index contributed by atoms with van der Waals surface area (Å²) in [5.74, 6) is 0. The van der Waals surface area contributed by atoms with Crippen LogP contribution in [0.25, 0.3) is 0 Å². The standard InChI is InChI=1S/C12H12Cl5/c1-2-3-5-9-6-4-7-10(8-9)11(13,14)12(15,16)17/h4,6-8H,1-3,5H2. The predicted molar refractivity (Wildman–Crippen MR) is 78.4 cm³/mol. The first-order valence-electron chi connectivity index (χ1n) is 5.12. The molecule has 0 aliphatic rings. The Balaban J connectivity index is 2.99. The molecule has 0 bridgehead atoms. The van der Waals surface area contributed by atoms with E-state index in [1.54, 1.807) is 6.07 Å². The number of benzene rings is 1. The van der Waals surface area contributed by atoms with Crippen molar-refractivity contribution in [3.63, 3.8) is 0 Å². The second-order valence-electron chi connectivity index (χ2n) is 3.73. The lowest BCUT2D eigenvalue weighted by Gasteiger charge is -2.28. The summed E-state index contributed by atoms with van der Waals surface area (Å²) in [6.07, 6.45) is 2.78. The van der Waals surface area contributed by atoms with E-state index in [0.29, 0.717) is 5.56 Å². The van der Waals surface area contributed by atoms with E-state index in [4.69, 9.17) is 58.0 Å². The largest absolute Gasteiger partial charge is 0.227 e. The Kier molecular flexibility index (Phi) is 5.75. The highest BCUT2D eigenvalue weighted by molar-refractivity contribution is 6.75. The van der Waals surface area contributed by atoms with Crippen molar-refractivity contribution in [1.29, 1.82) is 0 Å². The molecule has 1 aromatic rings. The lowest BCUT2D eigenvalue weighted by Crippen LogP contribution is -2.28. The van der Waals surface area contributed by atoms with E-state index in [1.807, 2.05) is 18.2 Å².